The molecule has 6 nitrogen and oxygen atoms in total. The topological polar surface area (TPSA) is 75.7 Å². The number of hydrogen-bond acceptors (Lipinski definition) is 4. The number of ether oxygens (including phenoxy) is 1. The molecular formula is C24H26N2O4S. The molecule has 0 saturated carbocycles. The van der Waals surface area contributed by atoms with Crippen LogP contribution in [0.15, 0.2) is 77.7 Å². The minimum Gasteiger partial charge on any atom is -0.484 e. The second-order valence-electron chi connectivity index (χ2n) is 7.29. The standard InChI is InChI=1S/C24H26N2O4S/c1-18-9-10-21(15-19(18)2)26(3)24(27)17-30-22-11-13-23(14-12-22)31(28,29)25-16-20-7-5-4-6-8-20/h4-15,25H,16-17H2,1-3H3. The van der Waals surface area contributed by atoms with Crippen LogP contribution in [0.2, 0.25) is 0 Å². The van der Waals surface area contributed by atoms with Crippen molar-refractivity contribution in [2.45, 2.75) is 25.3 Å². The highest BCUT2D eigenvalue weighted by Gasteiger charge is 2.15. The van der Waals surface area contributed by atoms with Crippen LogP contribution in [-0.2, 0) is 21.4 Å². The molecule has 0 fully saturated rings. The molecule has 0 aliphatic rings. The number of nitrogens with one attached hydrogen (secondary N) is 1. The number of likely N-dealkylation sites (N-methyl/N-ethyl adjacent to an activating group) is 1. The molecule has 3 rings (SSSR count). The van der Waals surface area contributed by atoms with Gasteiger partial charge in [0.05, 0.1) is 4.90 Å². The van der Waals surface area contributed by atoms with Crippen LogP contribution in [0.1, 0.15) is 16.7 Å². The number of nitrogens with zero attached hydrogens (tertiary/aromatic N) is 1. The number of carbonyl (C=O) groups excluding carboxylic acids is 1. The van der Waals surface area contributed by atoms with E-state index in [2.05, 4.69) is 4.72 Å². The Morgan fingerprint density at radius 2 is 1.61 bits per heavy atom. The molecule has 1 amide bonds. The first-order chi connectivity index (χ1) is 14.8. The zero-order valence-corrected chi connectivity index (χ0v) is 18.6. The molecule has 3 aromatic rings. The van der Waals surface area contributed by atoms with Gasteiger partial charge in [-0.3, -0.25) is 4.79 Å². The fourth-order valence-electron chi connectivity index (χ4n) is 2.89. The summed E-state index contributed by atoms with van der Waals surface area (Å²) >= 11 is 0. The lowest BCUT2D eigenvalue weighted by atomic mass is 10.1. The Kier molecular flexibility index (Phi) is 7.09. The van der Waals surface area contributed by atoms with Crippen LogP contribution in [0.25, 0.3) is 0 Å². The number of amides is 1. The van der Waals surface area contributed by atoms with Crippen molar-refractivity contribution in [1.82, 2.24) is 4.72 Å². The Bertz CT molecular complexity index is 1140. The SMILES string of the molecule is Cc1ccc(N(C)C(=O)COc2ccc(S(=O)(=O)NCc3ccccc3)cc2)cc1C. The lowest BCUT2D eigenvalue weighted by molar-refractivity contribution is -0.120. The average Bonchev–Trinajstić information content (AvgIpc) is 2.78. The maximum atomic E-state index is 12.5. The van der Waals surface area contributed by atoms with Crippen molar-refractivity contribution in [2.24, 2.45) is 0 Å². The van der Waals surface area contributed by atoms with E-state index in [4.69, 9.17) is 4.74 Å². The Labute approximate surface area is 183 Å². The summed E-state index contributed by atoms with van der Waals surface area (Å²) in [5.74, 6) is 0.216. The predicted molar refractivity (Wildman–Crippen MR) is 122 cm³/mol. The number of sulfonamides is 1. The number of aryl methyl sites for hydroxylation is 2. The molecule has 1 N–H and O–H groups in total. The summed E-state index contributed by atoms with van der Waals surface area (Å²) in [6, 6.07) is 21.1. The van der Waals surface area contributed by atoms with Crippen LogP contribution in [0.5, 0.6) is 5.75 Å². The van der Waals surface area contributed by atoms with Gasteiger partial charge in [-0.15, -0.1) is 0 Å². The van der Waals surface area contributed by atoms with Crippen molar-refractivity contribution in [3.8, 4) is 5.75 Å². The average molecular weight is 439 g/mol. The molecular weight excluding hydrogens is 412 g/mol. The second-order valence-corrected chi connectivity index (χ2v) is 9.06. The molecule has 0 heterocycles. The van der Waals surface area contributed by atoms with Crippen molar-refractivity contribution in [1.29, 1.82) is 0 Å². The summed E-state index contributed by atoms with van der Waals surface area (Å²) in [5.41, 5.74) is 3.94. The van der Waals surface area contributed by atoms with Crippen LogP contribution < -0.4 is 14.4 Å². The maximum absolute atomic E-state index is 12.5. The van der Waals surface area contributed by atoms with Crippen molar-refractivity contribution in [3.63, 3.8) is 0 Å². The smallest absolute Gasteiger partial charge is 0.264 e. The molecule has 0 radical (unpaired) electrons. The fourth-order valence-corrected chi connectivity index (χ4v) is 3.91. The zero-order chi connectivity index (χ0) is 22.4. The molecule has 0 saturated heterocycles. The van der Waals surface area contributed by atoms with Gasteiger partial charge in [-0.05, 0) is 66.9 Å². The molecule has 0 bridgehead atoms. The van der Waals surface area contributed by atoms with Gasteiger partial charge in [-0.1, -0.05) is 36.4 Å². The van der Waals surface area contributed by atoms with Crippen molar-refractivity contribution >= 4 is 21.6 Å². The fraction of sp³-hybridized carbons (Fsp3) is 0.208. The predicted octanol–water partition coefficient (Wildman–Crippen LogP) is 3.82. The Hall–Kier alpha value is -3.16. The monoisotopic (exact) mass is 438 g/mol. The molecule has 0 aliphatic carbocycles. The number of rotatable bonds is 8. The quantitative estimate of drug-likeness (QED) is 0.580. The Balaban J connectivity index is 1.57. The van der Waals surface area contributed by atoms with E-state index in [1.165, 1.54) is 12.1 Å². The summed E-state index contributed by atoms with van der Waals surface area (Å²) in [4.78, 5) is 14.1. The van der Waals surface area contributed by atoms with Crippen molar-refractivity contribution in [2.75, 3.05) is 18.6 Å². The number of carbonyl (C=O) groups is 1. The minimum absolute atomic E-state index is 0.134. The van der Waals surface area contributed by atoms with Gasteiger partial charge >= 0.3 is 0 Å². The second kappa shape index (κ2) is 9.76. The molecule has 0 aromatic heterocycles. The van der Waals surface area contributed by atoms with Crippen LogP contribution in [-0.4, -0.2) is 28.0 Å². The molecule has 31 heavy (non-hydrogen) atoms. The van der Waals surface area contributed by atoms with Gasteiger partial charge in [0.15, 0.2) is 6.61 Å². The molecule has 3 aromatic carbocycles. The molecule has 0 unspecified atom stereocenters. The van der Waals surface area contributed by atoms with Gasteiger partial charge in [0, 0.05) is 19.3 Å². The van der Waals surface area contributed by atoms with E-state index in [9.17, 15) is 13.2 Å². The first-order valence-electron chi connectivity index (χ1n) is 9.86. The van der Waals surface area contributed by atoms with Crippen LogP contribution in [0.4, 0.5) is 5.69 Å². The number of benzene rings is 3. The van der Waals surface area contributed by atoms with E-state index in [1.807, 2.05) is 62.4 Å². The zero-order valence-electron chi connectivity index (χ0n) is 17.8. The van der Waals surface area contributed by atoms with Crippen LogP contribution >= 0.6 is 0 Å². The highest BCUT2D eigenvalue weighted by atomic mass is 32.2. The summed E-state index contributed by atoms with van der Waals surface area (Å²) < 4.78 is 33.1. The van der Waals surface area contributed by atoms with E-state index in [1.54, 1.807) is 24.1 Å². The summed E-state index contributed by atoms with van der Waals surface area (Å²) in [7, 11) is -1.95. The molecule has 0 atom stereocenters. The third-order valence-electron chi connectivity index (χ3n) is 5.06. The van der Waals surface area contributed by atoms with E-state index in [0.29, 0.717) is 5.75 Å². The van der Waals surface area contributed by atoms with Gasteiger partial charge in [-0.25, -0.2) is 13.1 Å². The third kappa shape index (κ3) is 5.93. The van der Waals surface area contributed by atoms with Gasteiger partial charge in [0.25, 0.3) is 5.91 Å². The van der Waals surface area contributed by atoms with E-state index >= 15 is 0 Å². The summed E-state index contributed by atoms with van der Waals surface area (Å²) in [5, 5.41) is 0. The lowest BCUT2D eigenvalue weighted by Gasteiger charge is -2.19. The Morgan fingerprint density at radius 1 is 0.935 bits per heavy atom. The number of anilines is 1. The maximum Gasteiger partial charge on any atom is 0.264 e. The summed E-state index contributed by atoms with van der Waals surface area (Å²) in [6.07, 6.45) is 0. The van der Waals surface area contributed by atoms with E-state index in [-0.39, 0.29) is 24.0 Å². The Morgan fingerprint density at radius 3 is 2.26 bits per heavy atom. The highest BCUT2D eigenvalue weighted by Crippen LogP contribution is 2.19. The van der Waals surface area contributed by atoms with E-state index < -0.39 is 10.0 Å². The van der Waals surface area contributed by atoms with Crippen molar-refractivity contribution in [3.05, 3.63) is 89.5 Å². The van der Waals surface area contributed by atoms with Crippen molar-refractivity contribution < 1.29 is 17.9 Å². The normalized spacial score (nSPS) is 11.2. The van der Waals surface area contributed by atoms with Gasteiger partial charge in [0.2, 0.25) is 10.0 Å². The van der Waals surface area contributed by atoms with Gasteiger partial charge < -0.3 is 9.64 Å². The minimum atomic E-state index is -3.64. The van der Waals surface area contributed by atoms with Crippen LogP contribution in [0.3, 0.4) is 0 Å². The molecule has 0 spiro atoms. The lowest BCUT2D eigenvalue weighted by Crippen LogP contribution is -2.31. The van der Waals surface area contributed by atoms with Crippen LogP contribution in [0, 0.1) is 13.8 Å². The first kappa shape index (κ1) is 22.5. The third-order valence-corrected chi connectivity index (χ3v) is 6.47. The first-order valence-corrected chi connectivity index (χ1v) is 11.3. The summed E-state index contributed by atoms with van der Waals surface area (Å²) in [6.45, 7) is 4.07. The molecule has 7 heteroatoms. The number of hydrogen-bond donors (Lipinski definition) is 1. The largest absolute Gasteiger partial charge is 0.484 e. The van der Waals surface area contributed by atoms with Gasteiger partial charge in [0.1, 0.15) is 5.75 Å². The highest BCUT2D eigenvalue weighted by molar-refractivity contribution is 7.89. The molecule has 0 aliphatic heterocycles. The van der Waals surface area contributed by atoms with Gasteiger partial charge in [-0.2, -0.15) is 0 Å². The molecule has 162 valence electrons. The van der Waals surface area contributed by atoms with E-state index in [0.717, 1.165) is 22.4 Å².